The Hall–Kier alpha value is -1.84. The number of hydrogen-bond acceptors (Lipinski definition) is 4. The maximum Gasteiger partial charge on any atom is 0.305 e. The van der Waals surface area contributed by atoms with E-state index in [9.17, 15) is 9.59 Å². The first-order valence-corrected chi connectivity index (χ1v) is 6.40. The number of benzene rings is 1. The monoisotopic (exact) mass is 264 g/mol. The lowest BCUT2D eigenvalue weighted by Gasteiger charge is -2.32. The molecule has 0 unspecified atom stereocenters. The van der Waals surface area contributed by atoms with E-state index in [0.717, 1.165) is 12.0 Å². The summed E-state index contributed by atoms with van der Waals surface area (Å²) in [6.07, 6.45) is 1.58. The Balaban J connectivity index is 2.99. The minimum atomic E-state index is -1.20. The standard InChI is InChI=1S/C15H20O4/c1-4-10-15(18-12(2)16,19-13(3)17)11-14-8-6-5-7-9-14/h5-9H,4,10-11H2,1-3H3. The summed E-state index contributed by atoms with van der Waals surface area (Å²) in [5.41, 5.74) is 0.957. The van der Waals surface area contributed by atoms with Crippen molar-refractivity contribution in [3.05, 3.63) is 35.9 Å². The van der Waals surface area contributed by atoms with Crippen LogP contribution in [-0.4, -0.2) is 17.7 Å². The van der Waals surface area contributed by atoms with Crippen molar-refractivity contribution >= 4 is 11.9 Å². The van der Waals surface area contributed by atoms with Crippen LogP contribution in [0.4, 0.5) is 0 Å². The van der Waals surface area contributed by atoms with Crippen LogP contribution in [0.5, 0.6) is 0 Å². The van der Waals surface area contributed by atoms with Crippen molar-refractivity contribution < 1.29 is 19.1 Å². The summed E-state index contributed by atoms with van der Waals surface area (Å²) in [7, 11) is 0. The Kier molecular flexibility index (Phi) is 5.55. The maximum atomic E-state index is 11.3. The molecular weight excluding hydrogens is 244 g/mol. The van der Waals surface area contributed by atoms with Gasteiger partial charge in [0.15, 0.2) is 0 Å². The molecule has 1 aromatic carbocycles. The lowest BCUT2D eigenvalue weighted by molar-refractivity contribution is -0.228. The summed E-state index contributed by atoms with van der Waals surface area (Å²) < 4.78 is 10.6. The highest BCUT2D eigenvalue weighted by atomic mass is 16.7. The molecule has 0 aliphatic carbocycles. The minimum Gasteiger partial charge on any atom is -0.422 e. The largest absolute Gasteiger partial charge is 0.422 e. The molecule has 104 valence electrons. The van der Waals surface area contributed by atoms with E-state index in [1.165, 1.54) is 13.8 Å². The molecule has 0 saturated heterocycles. The first-order valence-electron chi connectivity index (χ1n) is 6.40. The summed E-state index contributed by atoms with van der Waals surface area (Å²) in [5, 5.41) is 0. The number of hydrogen-bond donors (Lipinski definition) is 0. The van der Waals surface area contributed by atoms with Crippen molar-refractivity contribution in [3.63, 3.8) is 0 Å². The quantitative estimate of drug-likeness (QED) is 0.585. The van der Waals surface area contributed by atoms with Gasteiger partial charge in [-0.2, -0.15) is 0 Å². The third-order valence-electron chi connectivity index (χ3n) is 2.61. The Labute approximate surface area is 113 Å². The number of carbonyl (C=O) groups is 2. The van der Waals surface area contributed by atoms with Gasteiger partial charge in [0, 0.05) is 20.3 Å². The maximum absolute atomic E-state index is 11.3. The Bertz CT molecular complexity index is 409. The van der Waals surface area contributed by atoms with Crippen LogP contribution in [0, 0.1) is 0 Å². The van der Waals surface area contributed by atoms with Crippen LogP contribution in [-0.2, 0) is 25.5 Å². The van der Waals surface area contributed by atoms with E-state index in [2.05, 4.69) is 0 Å². The average molecular weight is 264 g/mol. The molecule has 0 radical (unpaired) electrons. The first-order chi connectivity index (χ1) is 8.97. The molecule has 0 aromatic heterocycles. The fourth-order valence-electron chi connectivity index (χ4n) is 2.10. The van der Waals surface area contributed by atoms with E-state index in [0.29, 0.717) is 12.8 Å². The zero-order valence-corrected chi connectivity index (χ0v) is 11.6. The van der Waals surface area contributed by atoms with Crippen LogP contribution in [0.2, 0.25) is 0 Å². The van der Waals surface area contributed by atoms with Gasteiger partial charge in [-0.3, -0.25) is 9.59 Å². The van der Waals surface area contributed by atoms with E-state index in [-0.39, 0.29) is 0 Å². The lowest BCUT2D eigenvalue weighted by Crippen LogP contribution is -2.41. The average Bonchev–Trinajstić information content (AvgIpc) is 2.28. The van der Waals surface area contributed by atoms with Gasteiger partial charge in [-0.05, 0) is 12.0 Å². The summed E-state index contributed by atoms with van der Waals surface area (Å²) in [5.74, 6) is -2.11. The Morgan fingerprint density at radius 2 is 1.58 bits per heavy atom. The van der Waals surface area contributed by atoms with Gasteiger partial charge in [0.1, 0.15) is 0 Å². The predicted octanol–water partition coefficient (Wildman–Crippen LogP) is 2.85. The smallest absolute Gasteiger partial charge is 0.305 e. The van der Waals surface area contributed by atoms with Crippen molar-refractivity contribution in [2.45, 2.75) is 45.8 Å². The fraction of sp³-hybridized carbons (Fsp3) is 0.467. The van der Waals surface area contributed by atoms with Crippen molar-refractivity contribution in [2.75, 3.05) is 0 Å². The summed E-state index contributed by atoms with van der Waals surface area (Å²) in [6, 6.07) is 9.53. The second kappa shape index (κ2) is 6.92. The van der Waals surface area contributed by atoms with Gasteiger partial charge < -0.3 is 9.47 Å². The minimum absolute atomic E-state index is 0.362. The van der Waals surface area contributed by atoms with Gasteiger partial charge in [-0.15, -0.1) is 0 Å². The topological polar surface area (TPSA) is 52.6 Å². The molecular formula is C15H20O4. The number of ether oxygens (including phenoxy) is 2. The molecule has 0 amide bonds. The highest BCUT2D eigenvalue weighted by Crippen LogP contribution is 2.26. The lowest BCUT2D eigenvalue weighted by atomic mass is 10.0. The number of rotatable bonds is 6. The highest BCUT2D eigenvalue weighted by Gasteiger charge is 2.36. The SMILES string of the molecule is CCCC(Cc1ccccc1)(OC(C)=O)OC(C)=O. The van der Waals surface area contributed by atoms with Crippen LogP contribution < -0.4 is 0 Å². The molecule has 0 aliphatic rings. The first kappa shape index (κ1) is 15.2. The molecule has 19 heavy (non-hydrogen) atoms. The molecule has 0 heterocycles. The second-order valence-corrected chi connectivity index (χ2v) is 4.51. The molecule has 4 heteroatoms. The van der Waals surface area contributed by atoms with Gasteiger partial charge in [0.2, 0.25) is 0 Å². The van der Waals surface area contributed by atoms with Crippen molar-refractivity contribution in [1.29, 1.82) is 0 Å². The Morgan fingerprint density at radius 1 is 1.05 bits per heavy atom. The highest BCUT2D eigenvalue weighted by molar-refractivity contribution is 5.69. The van der Waals surface area contributed by atoms with Gasteiger partial charge in [-0.1, -0.05) is 37.3 Å². The fourth-order valence-corrected chi connectivity index (χ4v) is 2.10. The van der Waals surface area contributed by atoms with Gasteiger partial charge >= 0.3 is 11.9 Å². The predicted molar refractivity (Wildman–Crippen MR) is 71.3 cm³/mol. The van der Waals surface area contributed by atoms with Crippen LogP contribution >= 0.6 is 0 Å². The Morgan fingerprint density at radius 3 is 2.00 bits per heavy atom. The molecule has 0 spiro atoms. The molecule has 0 N–H and O–H groups in total. The second-order valence-electron chi connectivity index (χ2n) is 4.51. The molecule has 0 saturated carbocycles. The molecule has 0 atom stereocenters. The molecule has 0 aliphatic heterocycles. The van der Waals surface area contributed by atoms with Gasteiger partial charge in [0.05, 0.1) is 6.42 Å². The number of carbonyl (C=O) groups excluding carboxylic acids is 2. The van der Waals surface area contributed by atoms with E-state index >= 15 is 0 Å². The summed E-state index contributed by atoms with van der Waals surface area (Å²) in [4.78, 5) is 22.6. The third-order valence-corrected chi connectivity index (χ3v) is 2.61. The van der Waals surface area contributed by atoms with E-state index < -0.39 is 17.7 Å². The zero-order chi connectivity index (χ0) is 14.3. The summed E-state index contributed by atoms with van der Waals surface area (Å²) in [6.45, 7) is 4.59. The number of esters is 2. The molecule has 1 aromatic rings. The zero-order valence-electron chi connectivity index (χ0n) is 11.6. The molecule has 0 fully saturated rings. The van der Waals surface area contributed by atoms with Crippen LogP contribution in [0.25, 0.3) is 0 Å². The summed E-state index contributed by atoms with van der Waals surface area (Å²) >= 11 is 0. The van der Waals surface area contributed by atoms with Crippen molar-refractivity contribution in [1.82, 2.24) is 0 Å². The van der Waals surface area contributed by atoms with Crippen LogP contribution in [0.1, 0.15) is 39.2 Å². The van der Waals surface area contributed by atoms with E-state index in [4.69, 9.17) is 9.47 Å². The third kappa shape index (κ3) is 5.12. The normalized spacial score (nSPS) is 10.9. The van der Waals surface area contributed by atoms with E-state index in [1.54, 1.807) is 0 Å². The molecule has 4 nitrogen and oxygen atoms in total. The van der Waals surface area contributed by atoms with Crippen LogP contribution in [0.3, 0.4) is 0 Å². The van der Waals surface area contributed by atoms with Crippen LogP contribution in [0.15, 0.2) is 30.3 Å². The molecule has 0 bridgehead atoms. The van der Waals surface area contributed by atoms with Gasteiger partial charge in [-0.25, -0.2) is 0 Å². The van der Waals surface area contributed by atoms with Crippen molar-refractivity contribution in [3.8, 4) is 0 Å². The molecule has 1 rings (SSSR count). The van der Waals surface area contributed by atoms with E-state index in [1.807, 2.05) is 37.3 Å². The van der Waals surface area contributed by atoms with Gasteiger partial charge in [0.25, 0.3) is 5.79 Å². The van der Waals surface area contributed by atoms with Crippen molar-refractivity contribution in [2.24, 2.45) is 0 Å².